The molecular weight excluding hydrogens is 204 g/mol. The van der Waals surface area contributed by atoms with Crippen LogP contribution < -0.4 is 9.47 Å². The molecule has 0 unspecified atom stereocenters. The van der Waals surface area contributed by atoms with Crippen molar-refractivity contribution in [1.29, 1.82) is 0 Å². The molecule has 1 aliphatic carbocycles. The maximum atomic E-state index is 9.86. The normalized spacial score (nSPS) is 24.4. The zero-order chi connectivity index (χ0) is 11.5. The number of hydrogen-bond acceptors (Lipinski definition) is 3. The summed E-state index contributed by atoms with van der Waals surface area (Å²) in [5.74, 6) is 1.72. The lowest BCUT2D eigenvalue weighted by molar-refractivity contribution is 0.163. The van der Waals surface area contributed by atoms with E-state index in [0.29, 0.717) is 0 Å². The van der Waals surface area contributed by atoms with Gasteiger partial charge in [0.2, 0.25) is 0 Å². The molecule has 0 saturated heterocycles. The quantitative estimate of drug-likeness (QED) is 0.853. The number of aliphatic hydroxyl groups excluding tert-OH is 1. The van der Waals surface area contributed by atoms with E-state index in [0.717, 1.165) is 36.3 Å². The highest BCUT2D eigenvalue weighted by Crippen LogP contribution is 2.38. The van der Waals surface area contributed by atoms with E-state index in [9.17, 15) is 5.11 Å². The predicted molar refractivity (Wildman–Crippen MR) is 62.1 cm³/mol. The van der Waals surface area contributed by atoms with Crippen LogP contribution in [0.15, 0.2) is 18.2 Å². The fourth-order valence-corrected chi connectivity index (χ4v) is 2.41. The van der Waals surface area contributed by atoms with Crippen LogP contribution in [0, 0.1) is 0 Å². The van der Waals surface area contributed by atoms with Crippen molar-refractivity contribution in [2.75, 3.05) is 14.2 Å². The molecule has 1 saturated carbocycles. The number of aliphatic hydroxyl groups is 1. The van der Waals surface area contributed by atoms with Crippen LogP contribution in [0.4, 0.5) is 0 Å². The molecule has 1 aromatic rings. The molecule has 88 valence electrons. The van der Waals surface area contributed by atoms with Crippen molar-refractivity contribution < 1.29 is 14.6 Å². The highest BCUT2D eigenvalue weighted by atomic mass is 16.5. The van der Waals surface area contributed by atoms with Gasteiger partial charge in [0.05, 0.1) is 20.3 Å². The summed E-state index contributed by atoms with van der Waals surface area (Å²) >= 11 is 0. The smallest absolute Gasteiger partial charge is 0.160 e. The summed E-state index contributed by atoms with van der Waals surface area (Å²) in [6.07, 6.45) is 2.84. The van der Waals surface area contributed by atoms with Gasteiger partial charge in [0.1, 0.15) is 0 Å². The van der Waals surface area contributed by atoms with Gasteiger partial charge in [-0.25, -0.2) is 0 Å². The third kappa shape index (κ3) is 2.00. The minimum atomic E-state index is -0.210. The maximum Gasteiger partial charge on any atom is 0.160 e. The summed E-state index contributed by atoms with van der Waals surface area (Å²) in [6.45, 7) is 0. The molecule has 0 amide bonds. The fraction of sp³-hybridized carbons (Fsp3) is 0.538. The van der Waals surface area contributed by atoms with Gasteiger partial charge in [0, 0.05) is 5.92 Å². The van der Waals surface area contributed by atoms with Crippen molar-refractivity contribution in [3.8, 4) is 11.5 Å². The number of methoxy groups -OCH3 is 2. The minimum Gasteiger partial charge on any atom is -0.493 e. The Morgan fingerprint density at radius 2 is 1.88 bits per heavy atom. The Kier molecular flexibility index (Phi) is 3.34. The van der Waals surface area contributed by atoms with Crippen LogP contribution in [0.1, 0.15) is 30.7 Å². The molecule has 0 aromatic heterocycles. The van der Waals surface area contributed by atoms with E-state index < -0.39 is 0 Å². The zero-order valence-electron chi connectivity index (χ0n) is 9.77. The summed E-state index contributed by atoms with van der Waals surface area (Å²) in [5, 5.41) is 9.86. The highest BCUT2D eigenvalue weighted by Gasteiger charge is 2.27. The summed E-state index contributed by atoms with van der Waals surface area (Å²) < 4.78 is 10.5. The van der Waals surface area contributed by atoms with E-state index in [1.54, 1.807) is 14.2 Å². The molecule has 3 nitrogen and oxygen atoms in total. The third-order valence-corrected chi connectivity index (χ3v) is 3.32. The highest BCUT2D eigenvalue weighted by molar-refractivity contribution is 5.44. The third-order valence-electron chi connectivity index (χ3n) is 3.32. The van der Waals surface area contributed by atoms with Gasteiger partial charge in [-0.15, -0.1) is 0 Å². The average Bonchev–Trinajstić information content (AvgIpc) is 2.74. The van der Waals surface area contributed by atoms with Crippen LogP contribution in [0.5, 0.6) is 11.5 Å². The van der Waals surface area contributed by atoms with Gasteiger partial charge < -0.3 is 14.6 Å². The topological polar surface area (TPSA) is 38.7 Å². The second-order valence-corrected chi connectivity index (χ2v) is 4.22. The van der Waals surface area contributed by atoms with E-state index in [-0.39, 0.29) is 12.0 Å². The fourth-order valence-electron chi connectivity index (χ4n) is 2.41. The van der Waals surface area contributed by atoms with Gasteiger partial charge in [0.15, 0.2) is 11.5 Å². The second kappa shape index (κ2) is 4.74. The van der Waals surface area contributed by atoms with Gasteiger partial charge >= 0.3 is 0 Å². The lowest BCUT2D eigenvalue weighted by atomic mass is 9.95. The Morgan fingerprint density at radius 1 is 1.12 bits per heavy atom. The molecule has 1 aliphatic rings. The second-order valence-electron chi connectivity index (χ2n) is 4.22. The summed E-state index contributed by atoms with van der Waals surface area (Å²) in [6, 6.07) is 5.89. The van der Waals surface area contributed by atoms with Crippen LogP contribution in [0.3, 0.4) is 0 Å². The van der Waals surface area contributed by atoms with Crippen LogP contribution >= 0.6 is 0 Å². The summed E-state index contributed by atoms with van der Waals surface area (Å²) in [5.41, 5.74) is 1.14. The SMILES string of the molecule is COc1ccc([C@H]2CCC[C@@H]2O)cc1OC. The average molecular weight is 222 g/mol. The molecule has 0 spiro atoms. The molecule has 1 aromatic carbocycles. The Balaban J connectivity index is 2.28. The molecule has 2 atom stereocenters. The monoisotopic (exact) mass is 222 g/mol. The van der Waals surface area contributed by atoms with E-state index in [2.05, 4.69) is 0 Å². The summed E-state index contributed by atoms with van der Waals surface area (Å²) in [7, 11) is 3.26. The van der Waals surface area contributed by atoms with Gasteiger partial charge in [-0.3, -0.25) is 0 Å². The molecule has 1 fully saturated rings. The Bertz CT molecular complexity index is 362. The van der Waals surface area contributed by atoms with Crippen molar-refractivity contribution in [2.45, 2.75) is 31.3 Å². The van der Waals surface area contributed by atoms with Gasteiger partial charge in [-0.1, -0.05) is 12.5 Å². The molecule has 0 aliphatic heterocycles. The Labute approximate surface area is 96.0 Å². The molecule has 0 bridgehead atoms. The van der Waals surface area contributed by atoms with Crippen molar-refractivity contribution in [2.24, 2.45) is 0 Å². The first-order chi connectivity index (χ1) is 7.76. The zero-order valence-corrected chi connectivity index (χ0v) is 9.77. The first kappa shape index (κ1) is 11.3. The van der Waals surface area contributed by atoms with Gasteiger partial charge in [-0.2, -0.15) is 0 Å². The molecule has 1 N–H and O–H groups in total. The molecular formula is C13H18O3. The molecule has 0 heterocycles. The van der Waals surface area contributed by atoms with E-state index in [4.69, 9.17) is 9.47 Å². The molecule has 0 radical (unpaired) electrons. The molecule has 16 heavy (non-hydrogen) atoms. The van der Waals surface area contributed by atoms with E-state index >= 15 is 0 Å². The van der Waals surface area contributed by atoms with Crippen LogP contribution in [-0.4, -0.2) is 25.4 Å². The first-order valence-corrected chi connectivity index (χ1v) is 5.66. The van der Waals surface area contributed by atoms with E-state index in [1.807, 2.05) is 18.2 Å². The van der Waals surface area contributed by atoms with Crippen molar-refractivity contribution >= 4 is 0 Å². The van der Waals surface area contributed by atoms with E-state index in [1.165, 1.54) is 0 Å². The predicted octanol–water partition coefficient (Wildman–Crippen LogP) is 2.33. The number of hydrogen-bond donors (Lipinski definition) is 1. The van der Waals surface area contributed by atoms with Crippen LogP contribution in [0.2, 0.25) is 0 Å². The Morgan fingerprint density at radius 3 is 2.44 bits per heavy atom. The van der Waals surface area contributed by atoms with Gasteiger partial charge in [0.25, 0.3) is 0 Å². The minimum absolute atomic E-state index is 0.210. The number of ether oxygens (including phenoxy) is 2. The first-order valence-electron chi connectivity index (χ1n) is 5.66. The maximum absolute atomic E-state index is 9.86. The lowest BCUT2D eigenvalue weighted by Gasteiger charge is -2.16. The van der Waals surface area contributed by atoms with Crippen LogP contribution in [-0.2, 0) is 0 Å². The largest absolute Gasteiger partial charge is 0.493 e. The summed E-state index contributed by atoms with van der Waals surface area (Å²) in [4.78, 5) is 0. The van der Waals surface area contributed by atoms with Crippen LogP contribution in [0.25, 0.3) is 0 Å². The van der Waals surface area contributed by atoms with Crippen molar-refractivity contribution in [3.63, 3.8) is 0 Å². The number of rotatable bonds is 3. The van der Waals surface area contributed by atoms with Gasteiger partial charge in [-0.05, 0) is 30.5 Å². The van der Waals surface area contributed by atoms with Crippen molar-refractivity contribution in [3.05, 3.63) is 23.8 Å². The molecule has 2 rings (SSSR count). The Hall–Kier alpha value is -1.22. The van der Waals surface area contributed by atoms with Crippen molar-refractivity contribution in [1.82, 2.24) is 0 Å². The standard InChI is InChI=1S/C13H18O3/c1-15-12-7-6-9(8-13(12)16-2)10-4-3-5-11(10)14/h6-8,10-11,14H,3-5H2,1-2H3/t10-,11+/m1/s1. The number of benzene rings is 1. The molecule has 3 heteroatoms. The lowest BCUT2D eigenvalue weighted by Crippen LogP contribution is -2.11.